The predicted octanol–water partition coefficient (Wildman–Crippen LogP) is 4.18. The molecule has 1 atom stereocenters. The Kier molecular flexibility index (Phi) is 4.68. The second-order valence-electron chi connectivity index (χ2n) is 4.48. The van der Waals surface area contributed by atoms with Crippen molar-refractivity contribution >= 4 is 39.1 Å². The van der Waals surface area contributed by atoms with Gasteiger partial charge in [-0.05, 0) is 42.8 Å². The van der Waals surface area contributed by atoms with Crippen molar-refractivity contribution in [1.29, 1.82) is 0 Å². The van der Waals surface area contributed by atoms with Gasteiger partial charge < -0.3 is 11.1 Å². The molecule has 0 aliphatic carbocycles. The second kappa shape index (κ2) is 6.29. The first kappa shape index (κ1) is 14.9. The van der Waals surface area contributed by atoms with Crippen molar-refractivity contribution in [3.8, 4) is 0 Å². The molecular weight excluding hydrogens is 340 g/mol. The van der Waals surface area contributed by atoms with E-state index >= 15 is 0 Å². The van der Waals surface area contributed by atoms with E-state index in [9.17, 15) is 4.79 Å². The normalized spacial score (nSPS) is 11.9. The van der Waals surface area contributed by atoms with Crippen LogP contribution in [0.5, 0.6) is 0 Å². The number of carbonyl (C=O) groups excluding carboxylic acids is 1. The van der Waals surface area contributed by atoms with Crippen LogP contribution in [0.15, 0.2) is 46.9 Å². The molecule has 0 fully saturated rings. The number of benzene rings is 2. The van der Waals surface area contributed by atoms with E-state index in [1.165, 1.54) is 0 Å². The molecule has 3 nitrogen and oxygen atoms in total. The van der Waals surface area contributed by atoms with Crippen LogP contribution in [0.1, 0.15) is 28.9 Å². The van der Waals surface area contributed by atoms with Gasteiger partial charge in [0.15, 0.2) is 0 Å². The summed E-state index contributed by atoms with van der Waals surface area (Å²) in [6.07, 6.45) is 0. The van der Waals surface area contributed by atoms with Crippen LogP contribution in [-0.2, 0) is 0 Å². The Morgan fingerprint density at radius 2 is 1.90 bits per heavy atom. The maximum atomic E-state index is 12.2. The van der Waals surface area contributed by atoms with Crippen LogP contribution in [0.2, 0.25) is 5.02 Å². The summed E-state index contributed by atoms with van der Waals surface area (Å²) in [6.45, 7) is 1.92. The number of hydrogen-bond acceptors (Lipinski definition) is 2. The third-order valence-electron chi connectivity index (χ3n) is 2.98. The number of nitrogen functional groups attached to an aromatic ring is 1. The minimum Gasteiger partial charge on any atom is -0.398 e. The summed E-state index contributed by atoms with van der Waals surface area (Å²) in [5.74, 6) is -0.236. The number of carbonyl (C=O) groups is 1. The smallest absolute Gasteiger partial charge is 0.253 e. The Balaban J connectivity index is 2.15. The Bertz CT molecular complexity index is 628. The van der Waals surface area contributed by atoms with Gasteiger partial charge in [-0.25, -0.2) is 0 Å². The number of rotatable bonds is 3. The molecule has 1 amide bonds. The third-order valence-corrected chi connectivity index (χ3v) is 3.74. The first-order valence-corrected chi connectivity index (χ1v) is 7.26. The van der Waals surface area contributed by atoms with Crippen molar-refractivity contribution in [1.82, 2.24) is 5.32 Å². The van der Waals surface area contributed by atoms with E-state index in [2.05, 4.69) is 21.2 Å². The molecule has 2 aromatic carbocycles. The number of anilines is 1. The zero-order valence-corrected chi connectivity index (χ0v) is 13.2. The zero-order chi connectivity index (χ0) is 14.7. The average molecular weight is 354 g/mol. The first-order valence-electron chi connectivity index (χ1n) is 6.08. The van der Waals surface area contributed by atoms with Crippen LogP contribution >= 0.6 is 27.5 Å². The Morgan fingerprint density at radius 1 is 1.25 bits per heavy atom. The van der Waals surface area contributed by atoms with Crippen molar-refractivity contribution in [2.24, 2.45) is 0 Å². The Labute approximate surface area is 131 Å². The number of hydrogen-bond donors (Lipinski definition) is 2. The molecular formula is C15H14BrClN2O. The van der Waals surface area contributed by atoms with E-state index in [1.54, 1.807) is 18.2 Å². The highest BCUT2D eigenvalue weighted by Gasteiger charge is 2.14. The van der Waals surface area contributed by atoms with Crippen LogP contribution in [-0.4, -0.2) is 5.91 Å². The fourth-order valence-corrected chi connectivity index (χ4v) is 2.27. The maximum absolute atomic E-state index is 12.2. The van der Waals surface area contributed by atoms with Crippen LogP contribution < -0.4 is 11.1 Å². The van der Waals surface area contributed by atoms with Crippen molar-refractivity contribution in [3.05, 3.63) is 63.1 Å². The van der Waals surface area contributed by atoms with Gasteiger partial charge in [0.25, 0.3) is 5.91 Å². The molecule has 0 aromatic heterocycles. The number of amides is 1. The molecule has 0 bridgehead atoms. The second-order valence-corrected chi connectivity index (χ2v) is 5.83. The monoisotopic (exact) mass is 352 g/mol. The van der Waals surface area contributed by atoms with Gasteiger partial charge in [-0.1, -0.05) is 39.7 Å². The van der Waals surface area contributed by atoms with Crippen LogP contribution in [0.3, 0.4) is 0 Å². The quantitative estimate of drug-likeness (QED) is 0.813. The Hall–Kier alpha value is -1.52. The van der Waals surface area contributed by atoms with Crippen molar-refractivity contribution in [3.63, 3.8) is 0 Å². The molecule has 0 spiro atoms. The summed E-state index contributed by atoms with van der Waals surface area (Å²) in [7, 11) is 0. The van der Waals surface area contributed by atoms with Crippen molar-refractivity contribution in [2.45, 2.75) is 13.0 Å². The summed E-state index contributed by atoms with van der Waals surface area (Å²) >= 11 is 9.27. The minimum atomic E-state index is -0.236. The van der Waals surface area contributed by atoms with Gasteiger partial charge in [0, 0.05) is 15.2 Å². The largest absolute Gasteiger partial charge is 0.398 e. The summed E-state index contributed by atoms with van der Waals surface area (Å²) in [4.78, 5) is 12.2. The highest BCUT2D eigenvalue weighted by Crippen LogP contribution is 2.20. The molecule has 2 aromatic rings. The summed E-state index contributed by atoms with van der Waals surface area (Å²) in [5, 5.41) is 3.39. The van der Waals surface area contributed by atoms with E-state index in [-0.39, 0.29) is 11.9 Å². The lowest BCUT2D eigenvalue weighted by atomic mass is 10.1. The maximum Gasteiger partial charge on any atom is 0.253 e. The predicted molar refractivity (Wildman–Crippen MR) is 85.9 cm³/mol. The molecule has 5 heteroatoms. The molecule has 0 heterocycles. The number of nitrogens with one attached hydrogen (secondary N) is 1. The molecule has 20 heavy (non-hydrogen) atoms. The number of halogens is 2. The number of nitrogens with two attached hydrogens (primary N) is 1. The van der Waals surface area contributed by atoms with Gasteiger partial charge in [-0.15, -0.1) is 0 Å². The molecule has 0 saturated carbocycles. The zero-order valence-electron chi connectivity index (χ0n) is 10.9. The first-order chi connectivity index (χ1) is 9.47. The molecule has 0 radical (unpaired) electrons. The standard InChI is InChI=1S/C15H14BrClN2O/c1-9(10-2-4-11(16)5-3-10)19-15(20)13-8-12(17)6-7-14(13)18/h2-9H,18H2,1H3,(H,19,20)/t9-/m1/s1. The molecule has 2 rings (SSSR count). The molecule has 104 valence electrons. The molecule has 0 aliphatic rings. The lowest BCUT2D eigenvalue weighted by Gasteiger charge is -2.15. The van der Waals surface area contributed by atoms with Gasteiger partial charge in [-0.2, -0.15) is 0 Å². The van der Waals surface area contributed by atoms with E-state index < -0.39 is 0 Å². The van der Waals surface area contributed by atoms with Gasteiger partial charge in [0.1, 0.15) is 0 Å². The fourth-order valence-electron chi connectivity index (χ4n) is 1.83. The summed E-state index contributed by atoms with van der Waals surface area (Å²) in [6, 6.07) is 12.5. The highest BCUT2D eigenvalue weighted by atomic mass is 79.9. The topological polar surface area (TPSA) is 55.1 Å². The average Bonchev–Trinajstić information content (AvgIpc) is 2.42. The van der Waals surface area contributed by atoms with E-state index in [0.29, 0.717) is 16.3 Å². The lowest BCUT2D eigenvalue weighted by molar-refractivity contribution is 0.0941. The summed E-state index contributed by atoms with van der Waals surface area (Å²) in [5.41, 5.74) is 7.62. The fraction of sp³-hybridized carbons (Fsp3) is 0.133. The van der Waals surface area contributed by atoms with Gasteiger partial charge in [0.05, 0.1) is 11.6 Å². The molecule has 0 aliphatic heterocycles. The molecule has 3 N–H and O–H groups in total. The minimum absolute atomic E-state index is 0.117. The van der Waals surface area contributed by atoms with Gasteiger partial charge in [-0.3, -0.25) is 4.79 Å². The van der Waals surface area contributed by atoms with Crippen LogP contribution in [0.4, 0.5) is 5.69 Å². The third kappa shape index (κ3) is 3.52. The van der Waals surface area contributed by atoms with Crippen LogP contribution in [0.25, 0.3) is 0 Å². The van der Waals surface area contributed by atoms with Gasteiger partial charge >= 0.3 is 0 Å². The highest BCUT2D eigenvalue weighted by molar-refractivity contribution is 9.10. The lowest BCUT2D eigenvalue weighted by Crippen LogP contribution is -2.27. The van der Waals surface area contributed by atoms with E-state index in [0.717, 1.165) is 10.0 Å². The van der Waals surface area contributed by atoms with E-state index in [1.807, 2.05) is 31.2 Å². The van der Waals surface area contributed by atoms with Crippen molar-refractivity contribution in [2.75, 3.05) is 5.73 Å². The molecule has 0 saturated heterocycles. The van der Waals surface area contributed by atoms with Gasteiger partial charge in [0.2, 0.25) is 0 Å². The summed E-state index contributed by atoms with van der Waals surface area (Å²) < 4.78 is 0.999. The SMILES string of the molecule is C[C@@H](NC(=O)c1cc(Cl)ccc1N)c1ccc(Br)cc1. The Morgan fingerprint density at radius 3 is 2.55 bits per heavy atom. The van der Waals surface area contributed by atoms with Crippen LogP contribution in [0, 0.1) is 0 Å². The van der Waals surface area contributed by atoms with E-state index in [4.69, 9.17) is 17.3 Å². The van der Waals surface area contributed by atoms with Crippen molar-refractivity contribution < 1.29 is 4.79 Å². The molecule has 0 unspecified atom stereocenters.